The van der Waals surface area contributed by atoms with Gasteiger partial charge in [-0.15, -0.1) is 0 Å². The first-order chi connectivity index (χ1) is 9.06. The van der Waals surface area contributed by atoms with E-state index in [-0.39, 0.29) is 11.9 Å². The van der Waals surface area contributed by atoms with Gasteiger partial charge >= 0.3 is 5.97 Å². The molecule has 1 aromatic rings. The van der Waals surface area contributed by atoms with Crippen LogP contribution in [-0.2, 0) is 4.74 Å². The number of hydrogen-bond donors (Lipinski definition) is 0. The molecule has 0 heterocycles. The molecular formula is C14H19NO3S. The number of nitrogens with zero attached hydrogens (tertiary/aromatic N) is 1. The molecule has 0 bridgehead atoms. The number of carbonyl (C=O) groups excluding carboxylic acids is 2. The number of ether oxygens (including phenoxy) is 1. The minimum atomic E-state index is -0.384. The van der Waals surface area contributed by atoms with Crippen LogP contribution in [0.3, 0.4) is 0 Å². The van der Waals surface area contributed by atoms with Crippen molar-refractivity contribution in [2.45, 2.75) is 6.92 Å². The number of amides is 1. The molecule has 1 rings (SSSR count). The van der Waals surface area contributed by atoms with E-state index >= 15 is 0 Å². The molecule has 0 fully saturated rings. The molecule has 19 heavy (non-hydrogen) atoms. The van der Waals surface area contributed by atoms with Crippen LogP contribution < -0.4 is 0 Å². The summed E-state index contributed by atoms with van der Waals surface area (Å²) in [5.41, 5.74) is 0.900. The van der Waals surface area contributed by atoms with Crippen LogP contribution in [0.15, 0.2) is 24.3 Å². The average molecular weight is 281 g/mol. The van der Waals surface area contributed by atoms with E-state index in [0.29, 0.717) is 17.7 Å². The second-order valence-corrected chi connectivity index (χ2v) is 5.51. The van der Waals surface area contributed by atoms with Gasteiger partial charge in [-0.25, -0.2) is 4.79 Å². The fourth-order valence-electron chi connectivity index (χ4n) is 1.46. The Morgan fingerprint density at radius 1 is 1.26 bits per heavy atom. The average Bonchev–Trinajstić information content (AvgIpc) is 2.42. The molecule has 5 heteroatoms. The maximum Gasteiger partial charge on any atom is 0.338 e. The Labute approximate surface area is 118 Å². The first-order valence-electron chi connectivity index (χ1n) is 6.12. The lowest BCUT2D eigenvalue weighted by molar-refractivity contribution is 0.0530. The van der Waals surface area contributed by atoms with Crippen LogP contribution >= 0.6 is 11.8 Å². The van der Waals surface area contributed by atoms with Crippen molar-refractivity contribution in [3.05, 3.63) is 35.4 Å². The molecule has 0 saturated heterocycles. The molecule has 0 spiro atoms. The maximum atomic E-state index is 11.8. The van der Waals surface area contributed by atoms with Gasteiger partial charge in [-0.2, -0.15) is 11.8 Å². The van der Waals surface area contributed by atoms with Gasteiger partial charge in [0, 0.05) is 25.4 Å². The van der Waals surface area contributed by atoms with Crippen LogP contribution in [0.25, 0.3) is 0 Å². The first-order valence-corrected chi connectivity index (χ1v) is 7.28. The molecule has 0 aromatic heterocycles. The Bertz CT molecular complexity index is 446. The van der Waals surface area contributed by atoms with E-state index in [2.05, 4.69) is 6.92 Å². The normalized spacial score (nSPS) is 10.1. The standard InChI is InChI=1S/C14H19NO3S/c1-4-19-9-8-18-14(17)12-7-5-6-11(10-12)13(16)15(2)3/h5-7,10H,4,8-9H2,1-3H3. The van der Waals surface area contributed by atoms with E-state index in [1.807, 2.05) is 0 Å². The fraction of sp³-hybridized carbons (Fsp3) is 0.429. The van der Waals surface area contributed by atoms with Gasteiger partial charge in [0.2, 0.25) is 0 Å². The molecule has 4 nitrogen and oxygen atoms in total. The van der Waals surface area contributed by atoms with E-state index in [1.54, 1.807) is 50.1 Å². The Kier molecular flexibility index (Phi) is 6.42. The van der Waals surface area contributed by atoms with E-state index in [9.17, 15) is 9.59 Å². The van der Waals surface area contributed by atoms with Crippen molar-refractivity contribution in [1.82, 2.24) is 4.90 Å². The van der Waals surface area contributed by atoms with Crippen LogP contribution in [0, 0.1) is 0 Å². The predicted molar refractivity (Wildman–Crippen MR) is 77.7 cm³/mol. The molecule has 0 radical (unpaired) electrons. The van der Waals surface area contributed by atoms with Crippen molar-refractivity contribution in [1.29, 1.82) is 0 Å². The lowest BCUT2D eigenvalue weighted by atomic mass is 10.1. The summed E-state index contributed by atoms with van der Waals surface area (Å²) in [7, 11) is 3.35. The van der Waals surface area contributed by atoms with Gasteiger partial charge in [-0.05, 0) is 24.0 Å². The Morgan fingerprint density at radius 3 is 2.58 bits per heavy atom. The molecule has 0 atom stereocenters. The molecule has 0 N–H and O–H groups in total. The maximum absolute atomic E-state index is 11.8. The van der Waals surface area contributed by atoms with Gasteiger partial charge in [-0.3, -0.25) is 4.79 Å². The smallest absolute Gasteiger partial charge is 0.338 e. The Morgan fingerprint density at radius 2 is 1.95 bits per heavy atom. The largest absolute Gasteiger partial charge is 0.461 e. The lowest BCUT2D eigenvalue weighted by Gasteiger charge is -2.11. The van der Waals surface area contributed by atoms with Crippen molar-refractivity contribution in [2.24, 2.45) is 0 Å². The minimum absolute atomic E-state index is 0.129. The number of rotatable bonds is 6. The van der Waals surface area contributed by atoms with Gasteiger partial charge in [-0.1, -0.05) is 13.0 Å². The first kappa shape index (κ1) is 15.6. The van der Waals surface area contributed by atoms with E-state index in [1.165, 1.54) is 4.90 Å². The van der Waals surface area contributed by atoms with Crippen LogP contribution in [-0.4, -0.2) is 49.0 Å². The van der Waals surface area contributed by atoms with Crippen LogP contribution in [0.4, 0.5) is 0 Å². The number of benzene rings is 1. The van der Waals surface area contributed by atoms with Crippen molar-refractivity contribution in [3.8, 4) is 0 Å². The number of thioether (sulfide) groups is 1. The van der Waals surface area contributed by atoms with Crippen molar-refractivity contribution >= 4 is 23.6 Å². The molecule has 0 unspecified atom stereocenters. The van der Waals surface area contributed by atoms with Crippen LogP contribution in [0.1, 0.15) is 27.6 Å². The monoisotopic (exact) mass is 281 g/mol. The summed E-state index contributed by atoms with van der Waals surface area (Å²) >= 11 is 1.72. The predicted octanol–water partition coefficient (Wildman–Crippen LogP) is 2.30. The zero-order chi connectivity index (χ0) is 14.3. The highest BCUT2D eigenvalue weighted by Crippen LogP contribution is 2.09. The van der Waals surface area contributed by atoms with Crippen LogP contribution in [0.5, 0.6) is 0 Å². The minimum Gasteiger partial charge on any atom is -0.461 e. The van der Waals surface area contributed by atoms with Crippen LogP contribution in [0.2, 0.25) is 0 Å². The second kappa shape index (κ2) is 7.84. The zero-order valence-corrected chi connectivity index (χ0v) is 12.3. The summed E-state index contributed by atoms with van der Waals surface area (Å²) in [6.07, 6.45) is 0. The molecule has 0 aliphatic rings. The third-order valence-electron chi connectivity index (χ3n) is 2.42. The summed E-state index contributed by atoms with van der Waals surface area (Å²) in [6, 6.07) is 6.60. The van der Waals surface area contributed by atoms with Crippen molar-refractivity contribution in [3.63, 3.8) is 0 Å². The zero-order valence-electron chi connectivity index (χ0n) is 11.5. The number of esters is 1. The van der Waals surface area contributed by atoms with Gasteiger partial charge in [0.15, 0.2) is 0 Å². The summed E-state index contributed by atoms with van der Waals surface area (Å²) in [5.74, 6) is 1.28. The topological polar surface area (TPSA) is 46.6 Å². The Balaban J connectivity index is 2.65. The number of carbonyl (C=O) groups is 2. The molecule has 104 valence electrons. The summed E-state index contributed by atoms with van der Waals surface area (Å²) in [6.45, 7) is 2.45. The van der Waals surface area contributed by atoms with E-state index < -0.39 is 0 Å². The SMILES string of the molecule is CCSCCOC(=O)c1cccc(C(=O)N(C)C)c1. The van der Waals surface area contributed by atoms with Crippen molar-refractivity contribution in [2.75, 3.05) is 32.2 Å². The van der Waals surface area contributed by atoms with Gasteiger partial charge < -0.3 is 9.64 Å². The van der Waals surface area contributed by atoms with E-state index in [0.717, 1.165) is 11.5 Å². The van der Waals surface area contributed by atoms with Gasteiger partial charge in [0.1, 0.15) is 6.61 Å². The lowest BCUT2D eigenvalue weighted by Crippen LogP contribution is -2.22. The molecule has 1 aromatic carbocycles. The molecule has 0 saturated carbocycles. The fourth-order valence-corrected chi connectivity index (χ4v) is 1.95. The van der Waals surface area contributed by atoms with Gasteiger partial charge in [0.25, 0.3) is 5.91 Å². The third kappa shape index (κ3) is 4.95. The second-order valence-electron chi connectivity index (χ2n) is 4.11. The molecule has 0 aliphatic carbocycles. The highest BCUT2D eigenvalue weighted by molar-refractivity contribution is 7.99. The van der Waals surface area contributed by atoms with E-state index in [4.69, 9.17) is 4.74 Å². The summed E-state index contributed by atoms with van der Waals surface area (Å²) in [4.78, 5) is 25.1. The van der Waals surface area contributed by atoms with Gasteiger partial charge in [0.05, 0.1) is 5.56 Å². The summed E-state index contributed by atoms with van der Waals surface area (Å²) in [5, 5.41) is 0. The highest BCUT2D eigenvalue weighted by Gasteiger charge is 2.12. The van der Waals surface area contributed by atoms with Crippen molar-refractivity contribution < 1.29 is 14.3 Å². The molecule has 0 aliphatic heterocycles. The number of hydrogen-bond acceptors (Lipinski definition) is 4. The molecule has 1 amide bonds. The summed E-state index contributed by atoms with van der Waals surface area (Å²) < 4.78 is 5.14. The highest BCUT2D eigenvalue weighted by atomic mass is 32.2. The quantitative estimate of drug-likeness (QED) is 0.593. The third-order valence-corrected chi connectivity index (χ3v) is 3.28. The molecular weight excluding hydrogens is 262 g/mol. The Hall–Kier alpha value is -1.49.